The van der Waals surface area contributed by atoms with Crippen LogP contribution in [-0.4, -0.2) is 17.3 Å². The van der Waals surface area contributed by atoms with Gasteiger partial charge in [-0.15, -0.1) is 10.1 Å². The highest BCUT2D eigenvalue weighted by molar-refractivity contribution is 5.83. The maximum atomic E-state index is 11.6. The topological polar surface area (TPSA) is 78.7 Å². The van der Waals surface area contributed by atoms with E-state index in [9.17, 15) is 14.9 Å². The number of hydrogen-bond acceptors (Lipinski definition) is 5. The molecule has 0 spiro atoms. The summed E-state index contributed by atoms with van der Waals surface area (Å²) in [5, 5.41) is 9.18. The van der Waals surface area contributed by atoms with Crippen molar-refractivity contribution in [1.82, 2.24) is 0 Å². The van der Waals surface area contributed by atoms with Gasteiger partial charge in [0.2, 0.25) is 6.29 Å². The first-order chi connectivity index (χ1) is 13.0. The third-order valence-electron chi connectivity index (χ3n) is 4.64. The molecule has 6 nitrogen and oxygen atoms in total. The van der Waals surface area contributed by atoms with E-state index >= 15 is 0 Å². The van der Waals surface area contributed by atoms with Crippen molar-refractivity contribution in [1.29, 1.82) is 0 Å². The minimum atomic E-state index is -1.25. The molecule has 0 amide bonds. The first-order valence-corrected chi connectivity index (χ1v) is 9.44. The van der Waals surface area contributed by atoms with Crippen LogP contribution in [-0.2, 0) is 14.4 Å². The normalized spacial score (nSPS) is 19.2. The molecule has 154 valence electrons. The van der Waals surface area contributed by atoms with E-state index in [4.69, 9.17) is 4.74 Å². The van der Waals surface area contributed by atoms with Gasteiger partial charge in [0.05, 0.1) is 0 Å². The van der Waals surface area contributed by atoms with Gasteiger partial charge in [-0.1, -0.05) is 55.4 Å². The Labute approximate surface area is 167 Å². The second-order valence-electron chi connectivity index (χ2n) is 7.76. The number of rotatable bonds is 8. The third-order valence-corrected chi connectivity index (χ3v) is 4.64. The number of hydrogen-bond donors (Lipinski definition) is 0. The summed E-state index contributed by atoms with van der Waals surface area (Å²) in [6, 6.07) is 0. The minimum Gasteiger partial charge on any atom is -0.432 e. The molecule has 0 saturated heterocycles. The van der Waals surface area contributed by atoms with Gasteiger partial charge in [-0.25, -0.2) is 4.79 Å². The Balaban J connectivity index is 2.67. The molecule has 0 saturated carbocycles. The van der Waals surface area contributed by atoms with Crippen LogP contribution in [0.2, 0.25) is 0 Å². The summed E-state index contributed by atoms with van der Waals surface area (Å²) < 4.78 is 4.75. The summed E-state index contributed by atoms with van der Waals surface area (Å²) in [6.07, 6.45) is 13.5. The van der Waals surface area contributed by atoms with Crippen LogP contribution >= 0.6 is 0 Å². The van der Waals surface area contributed by atoms with Crippen LogP contribution in [0.3, 0.4) is 0 Å². The van der Waals surface area contributed by atoms with Gasteiger partial charge in [0.1, 0.15) is 0 Å². The van der Waals surface area contributed by atoms with E-state index in [1.807, 2.05) is 19.1 Å². The number of carbonyl (C=O) groups is 1. The van der Waals surface area contributed by atoms with Gasteiger partial charge in [-0.3, -0.25) is 4.84 Å². The van der Waals surface area contributed by atoms with Crippen molar-refractivity contribution >= 4 is 5.97 Å². The van der Waals surface area contributed by atoms with Gasteiger partial charge in [0.15, 0.2) is 0 Å². The third kappa shape index (κ3) is 8.37. The van der Waals surface area contributed by atoms with Gasteiger partial charge in [-0.2, -0.15) is 0 Å². The number of nitrogens with zero attached hydrogens (tertiary/aromatic N) is 1. The van der Waals surface area contributed by atoms with E-state index in [-0.39, 0.29) is 5.41 Å². The quantitative estimate of drug-likeness (QED) is 0.134. The zero-order valence-electron chi connectivity index (χ0n) is 17.7. The highest BCUT2D eigenvalue weighted by atomic mass is 17.0. The second-order valence-corrected chi connectivity index (χ2v) is 7.76. The van der Waals surface area contributed by atoms with Crippen LogP contribution in [0, 0.1) is 15.5 Å². The van der Waals surface area contributed by atoms with Crippen LogP contribution in [0.4, 0.5) is 0 Å². The van der Waals surface area contributed by atoms with Gasteiger partial charge in [0, 0.05) is 6.08 Å². The lowest BCUT2D eigenvalue weighted by atomic mass is 9.72. The van der Waals surface area contributed by atoms with Crippen LogP contribution in [0.25, 0.3) is 0 Å². The largest absolute Gasteiger partial charge is 0.432 e. The van der Waals surface area contributed by atoms with E-state index in [0.29, 0.717) is 5.57 Å². The highest BCUT2D eigenvalue weighted by Gasteiger charge is 2.26. The first-order valence-electron chi connectivity index (χ1n) is 9.44. The molecule has 0 N–H and O–H groups in total. The number of ether oxygens (including phenoxy) is 1. The number of esters is 1. The van der Waals surface area contributed by atoms with Gasteiger partial charge < -0.3 is 4.74 Å². The Hall–Kier alpha value is -2.63. The standard InChI is InChI=1S/C22H31NO5/c1-16(12-13-20-18(3)11-8-14-22(20,5)6)9-7-10-17(2)15-21(24)27-19(4)28-23(25)26/h7,9-10,12-13,15,19H,8,11,14H2,1-6H3/b10-7+,13-12+,16-9+,17-15+. The second kappa shape index (κ2) is 10.6. The predicted molar refractivity (Wildman–Crippen MR) is 110 cm³/mol. The van der Waals surface area contributed by atoms with Gasteiger partial charge >= 0.3 is 5.97 Å². The molecule has 1 aliphatic rings. The molecule has 0 aromatic rings. The molecular formula is C22H31NO5. The van der Waals surface area contributed by atoms with Crippen molar-refractivity contribution in [3.8, 4) is 0 Å². The van der Waals surface area contributed by atoms with Crippen molar-refractivity contribution in [2.45, 2.75) is 67.1 Å². The van der Waals surface area contributed by atoms with Crippen LogP contribution in [0.5, 0.6) is 0 Å². The number of carbonyl (C=O) groups excluding carboxylic acids is 1. The Morgan fingerprint density at radius 1 is 1.25 bits per heavy atom. The summed E-state index contributed by atoms with van der Waals surface area (Å²) in [5.74, 6) is -0.695. The van der Waals surface area contributed by atoms with E-state index < -0.39 is 17.3 Å². The van der Waals surface area contributed by atoms with E-state index in [0.717, 1.165) is 12.0 Å². The molecular weight excluding hydrogens is 358 g/mol. The SMILES string of the molecule is CC1=C(/C=C/C(C)=C/C=C/C(C)=C/C(=O)OC(C)O[N+](=O)[O-])C(C)(C)CCC1. The fourth-order valence-electron chi connectivity index (χ4n) is 3.21. The van der Waals surface area contributed by atoms with Crippen molar-refractivity contribution < 1.29 is 19.5 Å². The lowest BCUT2D eigenvalue weighted by Gasteiger charge is -2.32. The molecule has 0 fully saturated rings. The van der Waals surface area contributed by atoms with Gasteiger partial charge in [-0.05, 0) is 63.5 Å². The maximum absolute atomic E-state index is 11.6. The Morgan fingerprint density at radius 2 is 1.93 bits per heavy atom. The van der Waals surface area contributed by atoms with Crippen LogP contribution < -0.4 is 0 Å². The maximum Gasteiger partial charge on any atom is 0.333 e. The summed E-state index contributed by atoms with van der Waals surface area (Å²) in [6.45, 7) is 11.8. The Bertz CT molecular complexity index is 738. The van der Waals surface area contributed by atoms with E-state index in [1.165, 1.54) is 37.0 Å². The van der Waals surface area contributed by atoms with Crippen molar-refractivity contribution in [2.24, 2.45) is 5.41 Å². The zero-order valence-corrected chi connectivity index (χ0v) is 17.7. The fraction of sp³-hybridized carbons (Fsp3) is 0.500. The number of allylic oxidation sites excluding steroid dienone is 9. The minimum absolute atomic E-state index is 0.213. The first kappa shape index (κ1) is 23.4. The molecule has 1 aliphatic carbocycles. The average molecular weight is 389 g/mol. The molecule has 0 aromatic carbocycles. The van der Waals surface area contributed by atoms with Crippen LogP contribution in [0.15, 0.2) is 58.7 Å². The van der Waals surface area contributed by atoms with E-state index in [2.05, 4.69) is 37.8 Å². The predicted octanol–water partition coefficient (Wildman–Crippen LogP) is 5.62. The van der Waals surface area contributed by atoms with Crippen molar-refractivity contribution in [3.63, 3.8) is 0 Å². The molecule has 0 aliphatic heterocycles. The molecule has 1 rings (SSSR count). The Morgan fingerprint density at radius 3 is 2.54 bits per heavy atom. The van der Waals surface area contributed by atoms with Crippen molar-refractivity contribution in [3.05, 3.63) is 68.9 Å². The summed E-state index contributed by atoms with van der Waals surface area (Å²) in [5.41, 5.74) is 4.86. The molecule has 6 heteroatoms. The highest BCUT2D eigenvalue weighted by Crippen LogP contribution is 2.40. The zero-order chi connectivity index (χ0) is 21.3. The molecule has 0 bridgehead atoms. The molecule has 1 unspecified atom stereocenters. The summed E-state index contributed by atoms with van der Waals surface area (Å²) >= 11 is 0. The van der Waals surface area contributed by atoms with E-state index in [1.54, 1.807) is 13.0 Å². The lowest BCUT2D eigenvalue weighted by Crippen LogP contribution is -2.19. The average Bonchev–Trinajstić information content (AvgIpc) is 2.52. The molecule has 28 heavy (non-hydrogen) atoms. The molecule has 0 aromatic heterocycles. The molecule has 0 heterocycles. The summed E-state index contributed by atoms with van der Waals surface area (Å²) in [7, 11) is 0. The van der Waals surface area contributed by atoms with Crippen molar-refractivity contribution in [2.75, 3.05) is 0 Å². The lowest BCUT2D eigenvalue weighted by molar-refractivity contribution is -0.777. The molecule has 0 radical (unpaired) electrons. The fourth-order valence-corrected chi connectivity index (χ4v) is 3.21. The Kier molecular flexibility index (Phi) is 8.89. The van der Waals surface area contributed by atoms with Crippen LogP contribution in [0.1, 0.15) is 60.8 Å². The smallest absolute Gasteiger partial charge is 0.333 e. The molecule has 1 atom stereocenters. The summed E-state index contributed by atoms with van der Waals surface area (Å²) in [4.78, 5) is 25.9. The van der Waals surface area contributed by atoms with Gasteiger partial charge in [0.25, 0.3) is 5.09 Å². The monoisotopic (exact) mass is 389 g/mol.